The van der Waals surface area contributed by atoms with E-state index in [0.29, 0.717) is 13.2 Å². The van der Waals surface area contributed by atoms with Crippen LogP contribution in [0, 0.1) is 11.6 Å². The van der Waals surface area contributed by atoms with Crippen molar-refractivity contribution in [1.82, 2.24) is 5.32 Å². The molecule has 1 saturated heterocycles. The van der Waals surface area contributed by atoms with Gasteiger partial charge in [0.1, 0.15) is 11.6 Å². The summed E-state index contributed by atoms with van der Waals surface area (Å²) < 4.78 is 31.6. The molecule has 0 spiro atoms. The molecule has 1 atom stereocenters. The Morgan fingerprint density at radius 2 is 2.05 bits per heavy atom. The van der Waals surface area contributed by atoms with Crippen LogP contribution in [0.1, 0.15) is 31.4 Å². The SMILES string of the molecule is CC1(NCC(O)c2ccc(F)cc2F)CCOCC1. The zero-order valence-corrected chi connectivity index (χ0v) is 11.0. The van der Waals surface area contributed by atoms with Gasteiger partial charge in [0.25, 0.3) is 0 Å². The van der Waals surface area contributed by atoms with Gasteiger partial charge in [0.15, 0.2) is 0 Å². The lowest BCUT2D eigenvalue weighted by atomic mass is 9.92. The van der Waals surface area contributed by atoms with Crippen molar-refractivity contribution in [3.8, 4) is 0 Å². The molecule has 0 aliphatic carbocycles. The summed E-state index contributed by atoms with van der Waals surface area (Å²) in [6, 6.07) is 3.22. The number of nitrogens with one attached hydrogen (secondary N) is 1. The fourth-order valence-corrected chi connectivity index (χ4v) is 2.22. The predicted molar refractivity (Wildman–Crippen MR) is 67.8 cm³/mol. The molecule has 0 aromatic heterocycles. The molecule has 1 fully saturated rings. The fourth-order valence-electron chi connectivity index (χ4n) is 2.22. The van der Waals surface area contributed by atoms with E-state index in [9.17, 15) is 13.9 Å². The number of benzene rings is 1. The van der Waals surface area contributed by atoms with Crippen LogP contribution in [0.25, 0.3) is 0 Å². The number of rotatable bonds is 4. The van der Waals surface area contributed by atoms with Gasteiger partial charge in [0.2, 0.25) is 0 Å². The van der Waals surface area contributed by atoms with Gasteiger partial charge in [-0.15, -0.1) is 0 Å². The number of halogens is 2. The summed E-state index contributed by atoms with van der Waals surface area (Å²) in [5, 5.41) is 13.2. The smallest absolute Gasteiger partial charge is 0.131 e. The Labute approximate surface area is 111 Å². The van der Waals surface area contributed by atoms with E-state index in [0.717, 1.165) is 25.0 Å². The van der Waals surface area contributed by atoms with Gasteiger partial charge in [0.05, 0.1) is 6.10 Å². The maximum atomic E-state index is 13.5. The van der Waals surface area contributed by atoms with Crippen molar-refractivity contribution in [2.45, 2.75) is 31.4 Å². The summed E-state index contributed by atoms with van der Waals surface area (Å²) in [4.78, 5) is 0. The summed E-state index contributed by atoms with van der Waals surface area (Å²) in [5.74, 6) is -1.36. The molecule has 1 unspecified atom stereocenters. The first-order valence-electron chi connectivity index (χ1n) is 6.46. The maximum absolute atomic E-state index is 13.5. The molecule has 1 aromatic carbocycles. The molecule has 0 radical (unpaired) electrons. The van der Waals surface area contributed by atoms with Crippen molar-refractivity contribution in [3.05, 3.63) is 35.4 Å². The fraction of sp³-hybridized carbons (Fsp3) is 0.571. The number of hydrogen-bond donors (Lipinski definition) is 2. The van der Waals surface area contributed by atoms with E-state index in [1.54, 1.807) is 0 Å². The zero-order chi connectivity index (χ0) is 13.9. The summed E-state index contributed by atoms with van der Waals surface area (Å²) in [7, 11) is 0. The Bertz CT molecular complexity index is 433. The van der Waals surface area contributed by atoms with Crippen LogP contribution < -0.4 is 5.32 Å². The summed E-state index contributed by atoms with van der Waals surface area (Å²) in [5.41, 5.74) is 0.0139. The highest BCUT2D eigenvalue weighted by Crippen LogP contribution is 2.22. The van der Waals surface area contributed by atoms with Crippen molar-refractivity contribution in [1.29, 1.82) is 0 Å². The molecule has 5 heteroatoms. The largest absolute Gasteiger partial charge is 0.387 e. The summed E-state index contributed by atoms with van der Waals surface area (Å²) >= 11 is 0. The number of β-amino-alcohol motifs (C(OH)–C–C–N with tert-alkyl or cyclic N) is 1. The van der Waals surface area contributed by atoms with Crippen LogP contribution in [-0.4, -0.2) is 30.4 Å². The monoisotopic (exact) mass is 271 g/mol. The molecular formula is C14H19F2NO2. The minimum Gasteiger partial charge on any atom is -0.387 e. The molecule has 3 nitrogen and oxygen atoms in total. The summed E-state index contributed by atoms with van der Waals surface area (Å²) in [6.07, 6.45) is 0.720. The highest BCUT2D eigenvalue weighted by molar-refractivity contribution is 5.21. The molecule has 0 bridgehead atoms. The van der Waals surface area contributed by atoms with Gasteiger partial charge in [-0.3, -0.25) is 0 Å². The number of hydrogen-bond acceptors (Lipinski definition) is 3. The van der Waals surface area contributed by atoms with E-state index in [2.05, 4.69) is 12.2 Å². The topological polar surface area (TPSA) is 41.5 Å². The molecule has 0 saturated carbocycles. The third-order valence-electron chi connectivity index (χ3n) is 3.64. The van der Waals surface area contributed by atoms with Gasteiger partial charge >= 0.3 is 0 Å². The van der Waals surface area contributed by atoms with Crippen LogP contribution in [0.2, 0.25) is 0 Å². The van der Waals surface area contributed by atoms with Crippen molar-refractivity contribution in [2.75, 3.05) is 19.8 Å². The molecule has 1 aromatic rings. The second kappa shape index (κ2) is 5.94. The molecule has 1 aliphatic rings. The van der Waals surface area contributed by atoms with Crippen LogP contribution in [-0.2, 0) is 4.74 Å². The van der Waals surface area contributed by atoms with Gasteiger partial charge in [0, 0.05) is 36.9 Å². The second-order valence-corrected chi connectivity index (χ2v) is 5.24. The predicted octanol–water partition coefficient (Wildman–Crippen LogP) is 2.16. The second-order valence-electron chi connectivity index (χ2n) is 5.24. The Morgan fingerprint density at radius 1 is 1.37 bits per heavy atom. The quantitative estimate of drug-likeness (QED) is 0.881. The van der Waals surface area contributed by atoms with E-state index >= 15 is 0 Å². The first kappa shape index (κ1) is 14.4. The van der Waals surface area contributed by atoms with E-state index in [-0.39, 0.29) is 17.6 Å². The van der Waals surface area contributed by atoms with Crippen molar-refractivity contribution >= 4 is 0 Å². The molecule has 0 amide bonds. The van der Waals surface area contributed by atoms with E-state index in [1.165, 1.54) is 6.07 Å². The van der Waals surface area contributed by atoms with Crippen molar-refractivity contribution in [2.24, 2.45) is 0 Å². The lowest BCUT2D eigenvalue weighted by Crippen LogP contribution is -2.48. The maximum Gasteiger partial charge on any atom is 0.131 e. The lowest BCUT2D eigenvalue weighted by Gasteiger charge is -2.35. The van der Waals surface area contributed by atoms with Crippen LogP contribution in [0.15, 0.2) is 18.2 Å². The van der Waals surface area contributed by atoms with E-state index in [4.69, 9.17) is 4.74 Å². The third-order valence-corrected chi connectivity index (χ3v) is 3.64. The van der Waals surface area contributed by atoms with Crippen LogP contribution >= 0.6 is 0 Å². The number of aliphatic hydroxyl groups excluding tert-OH is 1. The standard InChI is InChI=1S/C14H19F2NO2/c1-14(4-6-19-7-5-14)17-9-13(18)11-3-2-10(15)8-12(11)16/h2-3,8,13,17-18H,4-7,9H2,1H3. The van der Waals surface area contributed by atoms with Gasteiger partial charge in [-0.2, -0.15) is 0 Å². The molecule has 2 N–H and O–H groups in total. The Kier molecular flexibility index (Phi) is 4.50. The summed E-state index contributed by atoms with van der Waals surface area (Å²) in [6.45, 7) is 3.66. The van der Waals surface area contributed by atoms with Gasteiger partial charge in [-0.1, -0.05) is 6.07 Å². The highest BCUT2D eigenvalue weighted by atomic mass is 19.1. The number of ether oxygens (including phenoxy) is 1. The average molecular weight is 271 g/mol. The molecule has 1 heterocycles. The lowest BCUT2D eigenvalue weighted by molar-refractivity contribution is 0.0385. The van der Waals surface area contributed by atoms with Gasteiger partial charge in [-0.05, 0) is 25.8 Å². The van der Waals surface area contributed by atoms with Crippen molar-refractivity contribution in [3.63, 3.8) is 0 Å². The Balaban J connectivity index is 1.95. The minimum atomic E-state index is -0.986. The first-order valence-corrected chi connectivity index (χ1v) is 6.46. The average Bonchev–Trinajstić information content (AvgIpc) is 2.37. The highest BCUT2D eigenvalue weighted by Gasteiger charge is 2.27. The van der Waals surface area contributed by atoms with E-state index in [1.807, 2.05) is 0 Å². The van der Waals surface area contributed by atoms with Crippen molar-refractivity contribution < 1.29 is 18.6 Å². The molecule has 2 rings (SSSR count). The van der Waals surface area contributed by atoms with Crippen LogP contribution in [0.5, 0.6) is 0 Å². The van der Waals surface area contributed by atoms with E-state index < -0.39 is 17.7 Å². The number of aliphatic hydroxyl groups is 1. The first-order chi connectivity index (χ1) is 9.00. The molecule has 1 aliphatic heterocycles. The minimum absolute atomic E-state index is 0.101. The van der Waals surface area contributed by atoms with Crippen LogP contribution in [0.4, 0.5) is 8.78 Å². The normalized spacial score (nSPS) is 20.2. The zero-order valence-electron chi connectivity index (χ0n) is 11.0. The van der Waals surface area contributed by atoms with Crippen LogP contribution in [0.3, 0.4) is 0 Å². The van der Waals surface area contributed by atoms with Gasteiger partial charge in [-0.25, -0.2) is 8.78 Å². The Hall–Kier alpha value is -1.04. The molecule has 106 valence electrons. The third kappa shape index (κ3) is 3.72. The Morgan fingerprint density at radius 3 is 2.68 bits per heavy atom. The molecular weight excluding hydrogens is 252 g/mol. The van der Waals surface area contributed by atoms with Gasteiger partial charge < -0.3 is 15.2 Å². The molecule has 19 heavy (non-hydrogen) atoms.